The van der Waals surface area contributed by atoms with Gasteiger partial charge in [-0.1, -0.05) is 24.3 Å². The lowest BCUT2D eigenvalue weighted by molar-refractivity contribution is 0.579. The highest BCUT2D eigenvalue weighted by molar-refractivity contribution is 7.93. The summed E-state index contributed by atoms with van der Waals surface area (Å²) in [5.41, 5.74) is 1.74. The average Bonchev–Trinajstić information content (AvgIpc) is 2.34. The SMILES string of the molecule is CS(=O)(=O)CCS(=O)(=O)NCc1ccc(CCl)cc1. The molecule has 0 bridgehead atoms. The Hall–Kier alpha value is -0.630. The molecule has 0 aliphatic heterocycles. The Kier molecular flexibility index (Phi) is 5.79. The van der Waals surface area contributed by atoms with Gasteiger partial charge in [0.2, 0.25) is 10.0 Å². The Morgan fingerprint density at radius 1 is 1.00 bits per heavy atom. The van der Waals surface area contributed by atoms with Crippen LogP contribution in [0.15, 0.2) is 24.3 Å². The number of benzene rings is 1. The molecule has 5 nitrogen and oxygen atoms in total. The summed E-state index contributed by atoms with van der Waals surface area (Å²) in [5.74, 6) is -0.403. The maximum Gasteiger partial charge on any atom is 0.212 e. The molecule has 108 valence electrons. The van der Waals surface area contributed by atoms with Crippen LogP contribution in [0.25, 0.3) is 0 Å². The number of sulfone groups is 1. The Labute approximate surface area is 118 Å². The Bertz CT molecular complexity index is 609. The number of sulfonamides is 1. The van der Waals surface area contributed by atoms with Crippen molar-refractivity contribution in [3.05, 3.63) is 35.4 Å². The van der Waals surface area contributed by atoms with E-state index in [2.05, 4.69) is 4.72 Å². The van der Waals surface area contributed by atoms with Gasteiger partial charge < -0.3 is 0 Å². The highest BCUT2D eigenvalue weighted by Crippen LogP contribution is 2.07. The average molecular weight is 326 g/mol. The summed E-state index contributed by atoms with van der Waals surface area (Å²) in [7, 11) is -6.87. The van der Waals surface area contributed by atoms with Crippen LogP contribution in [0.5, 0.6) is 0 Å². The molecule has 0 amide bonds. The summed E-state index contributed by atoms with van der Waals surface area (Å²) in [6.07, 6.45) is 1.01. The van der Waals surface area contributed by atoms with Gasteiger partial charge in [0.15, 0.2) is 0 Å². The summed E-state index contributed by atoms with van der Waals surface area (Å²) in [4.78, 5) is 0. The first-order valence-electron chi connectivity index (χ1n) is 5.51. The van der Waals surface area contributed by atoms with E-state index in [9.17, 15) is 16.8 Å². The second-order valence-corrected chi connectivity index (χ2v) is 8.67. The van der Waals surface area contributed by atoms with Crippen molar-refractivity contribution in [3.8, 4) is 0 Å². The van der Waals surface area contributed by atoms with E-state index in [-0.39, 0.29) is 12.3 Å². The van der Waals surface area contributed by atoms with Crippen LogP contribution in [-0.2, 0) is 32.3 Å². The lowest BCUT2D eigenvalue weighted by atomic mass is 10.1. The van der Waals surface area contributed by atoms with E-state index >= 15 is 0 Å². The smallest absolute Gasteiger partial charge is 0.212 e. The normalized spacial score (nSPS) is 12.5. The van der Waals surface area contributed by atoms with Gasteiger partial charge in [0.05, 0.1) is 11.5 Å². The van der Waals surface area contributed by atoms with Crippen LogP contribution in [0.2, 0.25) is 0 Å². The summed E-state index contributed by atoms with van der Waals surface area (Å²) >= 11 is 5.64. The van der Waals surface area contributed by atoms with E-state index in [1.54, 1.807) is 12.1 Å². The maximum atomic E-state index is 11.6. The summed E-state index contributed by atoms with van der Waals surface area (Å²) in [6.45, 7) is 0.134. The summed E-state index contributed by atoms with van der Waals surface area (Å²) in [6, 6.07) is 7.17. The van der Waals surface area contributed by atoms with E-state index < -0.39 is 25.6 Å². The van der Waals surface area contributed by atoms with Crippen molar-refractivity contribution in [1.29, 1.82) is 0 Å². The number of hydrogen-bond donors (Lipinski definition) is 1. The van der Waals surface area contributed by atoms with Crippen molar-refractivity contribution in [3.63, 3.8) is 0 Å². The fourth-order valence-corrected chi connectivity index (χ4v) is 4.07. The first-order chi connectivity index (χ1) is 8.72. The minimum Gasteiger partial charge on any atom is -0.229 e. The van der Waals surface area contributed by atoms with Gasteiger partial charge in [0.25, 0.3) is 0 Å². The molecule has 19 heavy (non-hydrogen) atoms. The molecular weight excluding hydrogens is 310 g/mol. The van der Waals surface area contributed by atoms with Gasteiger partial charge in [0.1, 0.15) is 9.84 Å². The van der Waals surface area contributed by atoms with Gasteiger partial charge in [0, 0.05) is 18.7 Å². The van der Waals surface area contributed by atoms with E-state index in [4.69, 9.17) is 11.6 Å². The molecular formula is C11H16ClNO4S2. The Morgan fingerprint density at radius 2 is 1.53 bits per heavy atom. The highest BCUT2D eigenvalue weighted by Gasteiger charge is 2.13. The maximum absolute atomic E-state index is 11.6. The van der Waals surface area contributed by atoms with Crippen molar-refractivity contribution in [2.24, 2.45) is 0 Å². The third-order valence-corrected chi connectivity index (χ3v) is 5.23. The van der Waals surface area contributed by atoms with E-state index in [1.807, 2.05) is 12.1 Å². The first-order valence-corrected chi connectivity index (χ1v) is 9.75. The molecule has 0 radical (unpaired) electrons. The third-order valence-electron chi connectivity index (χ3n) is 2.40. The molecule has 1 aromatic rings. The quantitative estimate of drug-likeness (QED) is 0.755. The lowest BCUT2D eigenvalue weighted by Gasteiger charge is -2.06. The molecule has 0 heterocycles. The number of nitrogens with one attached hydrogen (secondary N) is 1. The van der Waals surface area contributed by atoms with Gasteiger partial charge in [-0.25, -0.2) is 21.6 Å². The predicted molar refractivity (Wildman–Crippen MR) is 76.3 cm³/mol. The van der Waals surface area contributed by atoms with Crippen LogP contribution in [0, 0.1) is 0 Å². The van der Waals surface area contributed by atoms with Gasteiger partial charge in [-0.2, -0.15) is 0 Å². The predicted octanol–water partition coefficient (Wildman–Crippen LogP) is 0.889. The molecule has 0 spiro atoms. The lowest BCUT2D eigenvalue weighted by Crippen LogP contribution is -2.29. The fourth-order valence-electron chi connectivity index (χ4n) is 1.27. The highest BCUT2D eigenvalue weighted by atomic mass is 35.5. The van der Waals surface area contributed by atoms with Crippen molar-refractivity contribution >= 4 is 31.5 Å². The van der Waals surface area contributed by atoms with Crippen LogP contribution in [0.1, 0.15) is 11.1 Å². The molecule has 1 aromatic carbocycles. The molecule has 0 aliphatic carbocycles. The third kappa shape index (κ3) is 6.91. The number of rotatable bonds is 7. The largest absolute Gasteiger partial charge is 0.229 e. The molecule has 0 unspecified atom stereocenters. The van der Waals surface area contributed by atoms with Crippen molar-refractivity contribution in [2.75, 3.05) is 17.8 Å². The Balaban J connectivity index is 2.55. The minimum absolute atomic E-state index is 0.134. The zero-order chi connectivity index (χ0) is 14.5. The van der Waals surface area contributed by atoms with Crippen molar-refractivity contribution in [2.45, 2.75) is 12.4 Å². The first kappa shape index (κ1) is 16.4. The Morgan fingerprint density at radius 3 is 2.00 bits per heavy atom. The van der Waals surface area contributed by atoms with Crippen molar-refractivity contribution < 1.29 is 16.8 Å². The molecule has 0 aromatic heterocycles. The van der Waals surface area contributed by atoms with Gasteiger partial charge in [-0.3, -0.25) is 0 Å². The van der Waals surface area contributed by atoms with E-state index in [1.165, 1.54) is 0 Å². The molecule has 1 rings (SSSR count). The fraction of sp³-hybridized carbons (Fsp3) is 0.455. The van der Waals surface area contributed by atoms with Gasteiger partial charge >= 0.3 is 0 Å². The van der Waals surface area contributed by atoms with Crippen LogP contribution >= 0.6 is 11.6 Å². The van der Waals surface area contributed by atoms with Crippen LogP contribution in [-0.4, -0.2) is 34.6 Å². The van der Waals surface area contributed by atoms with E-state index in [0.29, 0.717) is 5.88 Å². The summed E-state index contributed by atoms with van der Waals surface area (Å²) in [5, 5.41) is 0. The zero-order valence-corrected chi connectivity index (χ0v) is 12.9. The molecule has 8 heteroatoms. The van der Waals surface area contributed by atoms with Gasteiger partial charge in [-0.05, 0) is 11.1 Å². The molecule has 0 saturated heterocycles. The monoisotopic (exact) mass is 325 g/mol. The van der Waals surface area contributed by atoms with Gasteiger partial charge in [-0.15, -0.1) is 11.6 Å². The molecule has 0 aliphatic rings. The topological polar surface area (TPSA) is 80.3 Å². The second-order valence-electron chi connectivity index (χ2n) is 4.22. The van der Waals surface area contributed by atoms with Crippen LogP contribution in [0.4, 0.5) is 0 Å². The summed E-state index contributed by atoms with van der Waals surface area (Å²) < 4.78 is 47.4. The second kappa shape index (κ2) is 6.69. The number of alkyl halides is 1. The van der Waals surface area contributed by atoms with Crippen molar-refractivity contribution in [1.82, 2.24) is 4.72 Å². The molecule has 0 atom stereocenters. The molecule has 1 N–H and O–H groups in total. The molecule has 0 fully saturated rings. The number of halogens is 1. The minimum atomic E-state index is -3.58. The van der Waals surface area contributed by atoms with Crippen LogP contribution in [0.3, 0.4) is 0 Å². The molecule has 0 saturated carbocycles. The van der Waals surface area contributed by atoms with E-state index in [0.717, 1.165) is 17.4 Å². The number of hydrogen-bond acceptors (Lipinski definition) is 4. The zero-order valence-electron chi connectivity index (χ0n) is 10.5. The van der Waals surface area contributed by atoms with Crippen LogP contribution < -0.4 is 4.72 Å². The standard InChI is InChI=1S/C11H16ClNO4S2/c1-18(14,15)6-7-19(16,17)13-9-11-4-2-10(8-12)3-5-11/h2-5,13H,6-9H2,1H3.